The molecule has 5 atom stereocenters. The quantitative estimate of drug-likeness (QED) is 0.322. The minimum Gasteiger partial charge on any atom is -0.493 e. The van der Waals surface area contributed by atoms with Crippen LogP contribution in [0.3, 0.4) is 0 Å². The molecular weight excluding hydrogens is 610 g/mol. The number of carbonyl (C=O) groups excluding carboxylic acids is 2. The first-order valence-electron chi connectivity index (χ1n) is 14.0. The van der Waals surface area contributed by atoms with E-state index >= 15 is 0 Å². The summed E-state index contributed by atoms with van der Waals surface area (Å²) in [6, 6.07) is 14.0. The molecule has 0 spiro atoms. The van der Waals surface area contributed by atoms with Crippen molar-refractivity contribution in [3.8, 4) is 28.7 Å². The number of ether oxygens (including phenoxy) is 7. The van der Waals surface area contributed by atoms with Crippen LogP contribution in [-0.4, -0.2) is 63.5 Å². The van der Waals surface area contributed by atoms with Crippen LogP contribution in [0.4, 0.5) is 0 Å². The summed E-state index contributed by atoms with van der Waals surface area (Å²) in [5, 5.41) is 1.37. The number of methoxy groups -OCH3 is 3. The van der Waals surface area contributed by atoms with E-state index in [4.69, 9.17) is 44.8 Å². The van der Waals surface area contributed by atoms with Crippen molar-refractivity contribution in [1.82, 2.24) is 0 Å². The Hall–Kier alpha value is -4.09. The highest BCUT2D eigenvalue weighted by Crippen LogP contribution is 2.56. The highest BCUT2D eigenvalue weighted by molar-refractivity contribution is 8.14. The maximum Gasteiger partial charge on any atom is 0.332 e. The number of carbonyl (C=O) groups is 2. The molecular formula is C32H28ClNO9S. The van der Waals surface area contributed by atoms with Gasteiger partial charge in [0.05, 0.1) is 38.9 Å². The zero-order chi connectivity index (χ0) is 30.5. The highest BCUT2D eigenvalue weighted by Gasteiger charge is 2.54. The van der Waals surface area contributed by atoms with Gasteiger partial charge >= 0.3 is 11.9 Å². The highest BCUT2D eigenvalue weighted by atomic mass is 35.5. The number of hydrogen-bond acceptors (Lipinski definition) is 11. The van der Waals surface area contributed by atoms with Gasteiger partial charge in [-0.3, -0.25) is 9.79 Å². The van der Waals surface area contributed by atoms with Gasteiger partial charge in [0, 0.05) is 33.7 Å². The van der Waals surface area contributed by atoms with E-state index in [1.807, 2.05) is 36.4 Å². The molecule has 1 fully saturated rings. The topological polar surface area (TPSA) is 111 Å². The minimum atomic E-state index is -0.776. The third kappa shape index (κ3) is 4.78. The summed E-state index contributed by atoms with van der Waals surface area (Å²) in [6.45, 7) is 0.156. The van der Waals surface area contributed by atoms with E-state index in [9.17, 15) is 9.59 Å². The molecule has 3 aromatic carbocycles. The molecule has 3 aromatic rings. The number of benzene rings is 3. The van der Waals surface area contributed by atoms with Crippen molar-refractivity contribution in [2.24, 2.45) is 16.8 Å². The van der Waals surface area contributed by atoms with Gasteiger partial charge in [-0.25, -0.2) is 4.79 Å². The summed E-state index contributed by atoms with van der Waals surface area (Å²) in [5.74, 6) is 0.406. The summed E-state index contributed by atoms with van der Waals surface area (Å²) in [6.07, 6.45) is -0.776. The molecule has 0 aromatic heterocycles. The zero-order valence-corrected chi connectivity index (χ0v) is 25.6. The minimum absolute atomic E-state index is 0.0634. The SMILES string of the molecule is COc1cc([C@@H]2c3cc4c(cc3[C@H](OC(=O)C3CSC(c5ccc(Cl)cc5)=N3)[C@H]3COC(=O)[C@H]23)OCO4)cc(OC)c1OC. The smallest absolute Gasteiger partial charge is 0.332 e. The third-order valence-corrected chi connectivity index (χ3v) is 9.77. The molecule has 1 saturated heterocycles. The number of esters is 2. The van der Waals surface area contributed by atoms with Gasteiger partial charge in [-0.05, 0) is 47.5 Å². The van der Waals surface area contributed by atoms with Gasteiger partial charge < -0.3 is 33.2 Å². The molecule has 4 aliphatic rings. The van der Waals surface area contributed by atoms with Gasteiger partial charge in [0.15, 0.2) is 29.0 Å². The molecule has 7 rings (SSSR count). The predicted molar refractivity (Wildman–Crippen MR) is 162 cm³/mol. The van der Waals surface area contributed by atoms with E-state index in [2.05, 4.69) is 4.99 Å². The van der Waals surface area contributed by atoms with Crippen molar-refractivity contribution < 1.29 is 42.7 Å². The molecule has 0 radical (unpaired) electrons. The zero-order valence-electron chi connectivity index (χ0n) is 24.0. The lowest BCUT2D eigenvalue weighted by atomic mass is 9.66. The Morgan fingerprint density at radius 3 is 2.27 bits per heavy atom. The van der Waals surface area contributed by atoms with Crippen molar-refractivity contribution in [1.29, 1.82) is 0 Å². The Kier molecular flexibility index (Phi) is 7.45. The number of thioether (sulfide) groups is 1. The van der Waals surface area contributed by atoms with E-state index in [-0.39, 0.29) is 19.4 Å². The van der Waals surface area contributed by atoms with Gasteiger partial charge in [0.1, 0.15) is 6.10 Å². The average molecular weight is 638 g/mol. The Labute approximate surface area is 262 Å². The van der Waals surface area contributed by atoms with E-state index in [1.165, 1.54) is 33.1 Å². The van der Waals surface area contributed by atoms with E-state index in [0.29, 0.717) is 45.1 Å². The number of rotatable bonds is 7. The standard InChI is InChI=1S/C32H28ClNO9S/c1-37-24-8-16(9-25(38-2)29(24)39-3)26-18-10-22-23(42-14-41-22)11-19(18)28(20-12-40-32(36)27(20)26)43-31(35)21-13-44-30(34-21)15-4-6-17(33)7-5-15/h4-11,20-21,26-28H,12-14H2,1-3H3/t20-,21?,26+,27-,28-/m0/s1. The second-order valence-corrected chi connectivity index (χ2v) is 12.2. The van der Waals surface area contributed by atoms with Crippen LogP contribution >= 0.6 is 23.4 Å². The fraction of sp³-hybridized carbons (Fsp3) is 0.344. The molecule has 228 valence electrons. The van der Waals surface area contributed by atoms with Crippen LogP contribution in [-0.2, 0) is 19.1 Å². The summed E-state index contributed by atoms with van der Waals surface area (Å²) in [5.41, 5.74) is 3.11. The first-order chi connectivity index (χ1) is 21.4. The van der Waals surface area contributed by atoms with Crippen LogP contribution in [0, 0.1) is 11.8 Å². The summed E-state index contributed by atoms with van der Waals surface area (Å²) in [7, 11) is 4.61. The Morgan fingerprint density at radius 2 is 1.61 bits per heavy atom. The lowest BCUT2D eigenvalue weighted by Crippen LogP contribution is -2.38. The first kappa shape index (κ1) is 28.7. The lowest BCUT2D eigenvalue weighted by Gasteiger charge is -2.38. The fourth-order valence-corrected chi connectivity index (χ4v) is 7.55. The molecule has 0 amide bonds. The maximum absolute atomic E-state index is 13.7. The molecule has 1 aliphatic carbocycles. The number of nitrogens with zero attached hydrogens (tertiary/aromatic N) is 1. The van der Waals surface area contributed by atoms with Gasteiger partial charge in [-0.1, -0.05) is 23.7 Å². The van der Waals surface area contributed by atoms with E-state index in [1.54, 1.807) is 12.1 Å². The van der Waals surface area contributed by atoms with Crippen molar-refractivity contribution in [2.45, 2.75) is 18.1 Å². The Morgan fingerprint density at radius 1 is 0.932 bits per heavy atom. The van der Waals surface area contributed by atoms with Gasteiger partial charge in [-0.2, -0.15) is 0 Å². The molecule has 3 heterocycles. The first-order valence-corrected chi connectivity index (χ1v) is 15.3. The van der Waals surface area contributed by atoms with Crippen LogP contribution in [0.5, 0.6) is 28.7 Å². The fourth-order valence-electron chi connectivity index (χ4n) is 6.39. The molecule has 3 aliphatic heterocycles. The number of halogens is 1. The maximum atomic E-state index is 13.7. The van der Waals surface area contributed by atoms with Crippen LogP contribution < -0.4 is 23.7 Å². The normalized spacial score (nSPS) is 24.6. The van der Waals surface area contributed by atoms with E-state index < -0.39 is 35.9 Å². The van der Waals surface area contributed by atoms with Crippen LogP contribution in [0.1, 0.15) is 34.3 Å². The molecule has 1 unspecified atom stereocenters. The second kappa shape index (κ2) is 11.4. The van der Waals surface area contributed by atoms with Crippen molar-refractivity contribution in [2.75, 3.05) is 40.5 Å². The van der Waals surface area contributed by atoms with Crippen LogP contribution in [0.25, 0.3) is 0 Å². The largest absolute Gasteiger partial charge is 0.493 e. The van der Waals surface area contributed by atoms with Crippen molar-refractivity contribution in [3.05, 3.63) is 75.8 Å². The van der Waals surface area contributed by atoms with Crippen LogP contribution in [0.15, 0.2) is 53.5 Å². The van der Waals surface area contributed by atoms with Gasteiger partial charge in [0.25, 0.3) is 0 Å². The van der Waals surface area contributed by atoms with E-state index in [0.717, 1.165) is 21.7 Å². The average Bonchev–Trinajstić information content (AvgIpc) is 3.80. The molecule has 0 bridgehead atoms. The Bertz CT molecular complexity index is 1650. The predicted octanol–water partition coefficient (Wildman–Crippen LogP) is 5.18. The molecule has 10 nitrogen and oxygen atoms in total. The summed E-state index contributed by atoms with van der Waals surface area (Å²) >= 11 is 7.53. The molecule has 0 saturated carbocycles. The molecule has 0 N–H and O–H groups in total. The second-order valence-electron chi connectivity index (χ2n) is 10.7. The van der Waals surface area contributed by atoms with Gasteiger partial charge in [-0.15, -0.1) is 11.8 Å². The number of aliphatic imine (C=N–C) groups is 1. The summed E-state index contributed by atoms with van der Waals surface area (Å²) in [4.78, 5) is 31.8. The lowest BCUT2D eigenvalue weighted by molar-refractivity contribution is -0.155. The van der Waals surface area contributed by atoms with Crippen LogP contribution in [0.2, 0.25) is 5.02 Å². The number of fused-ring (bicyclic) bond motifs is 3. The third-order valence-electron chi connectivity index (χ3n) is 8.42. The van der Waals surface area contributed by atoms with Crippen molar-refractivity contribution >= 4 is 40.3 Å². The molecule has 12 heteroatoms. The Balaban J connectivity index is 1.29. The monoisotopic (exact) mass is 637 g/mol. The number of cyclic esters (lactones) is 1. The van der Waals surface area contributed by atoms with Crippen molar-refractivity contribution in [3.63, 3.8) is 0 Å². The number of hydrogen-bond donors (Lipinski definition) is 0. The van der Waals surface area contributed by atoms with Gasteiger partial charge in [0.2, 0.25) is 12.5 Å². The summed E-state index contributed by atoms with van der Waals surface area (Å²) < 4.78 is 40.1. The molecule has 44 heavy (non-hydrogen) atoms.